The molecule has 0 radical (unpaired) electrons. The normalized spacial score (nSPS) is 40.4. The van der Waals surface area contributed by atoms with Gasteiger partial charge in [-0.3, -0.25) is 9.59 Å². The number of nitrogens with zero attached hydrogens (tertiary/aromatic N) is 2. The van der Waals surface area contributed by atoms with E-state index in [4.69, 9.17) is 4.74 Å². The van der Waals surface area contributed by atoms with E-state index in [0.717, 1.165) is 38.6 Å². The molecule has 3 unspecified atom stereocenters. The summed E-state index contributed by atoms with van der Waals surface area (Å²) in [6.07, 6.45) is 8.20. The van der Waals surface area contributed by atoms with E-state index in [-0.39, 0.29) is 29.8 Å². The van der Waals surface area contributed by atoms with Gasteiger partial charge in [-0.05, 0) is 38.0 Å². The zero-order chi connectivity index (χ0) is 18.1. The van der Waals surface area contributed by atoms with Crippen molar-refractivity contribution in [2.24, 2.45) is 17.8 Å². The third-order valence-corrected chi connectivity index (χ3v) is 7.29. The lowest BCUT2D eigenvalue weighted by atomic mass is 9.76. The Kier molecular flexibility index (Phi) is 3.58. The van der Waals surface area contributed by atoms with Gasteiger partial charge in [-0.2, -0.15) is 0 Å². The van der Waals surface area contributed by atoms with Gasteiger partial charge >= 0.3 is 0 Å². The van der Waals surface area contributed by atoms with Gasteiger partial charge in [-0.15, -0.1) is 0 Å². The molecule has 142 valence electrons. The van der Waals surface area contributed by atoms with Crippen LogP contribution in [-0.2, 0) is 14.3 Å². The van der Waals surface area contributed by atoms with E-state index >= 15 is 0 Å². The summed E-state index contributed by atoms with van der Waals surface area (Å²) in [6, 6.07) is 0. The summed E-state index contributed by atoms with van der Waals surface area (Å²) in [7, 11) is 0. The van der Waals surface area contributed by atoms with E-state index in [1.165, 1.54) is 0 Å². The molecular weight excluding hydrogens is 332 g/mol. The quantitative estimate of drug-likeness (QED) is 0.758. The number of likely N-dealkylation sites (tertiary alicyclic amines) is 2. The van der Waals surface area contributed by atoms with Crippen LogP contribution in [0, 0.1) is 17.8 Å². The van der Waals surface area contributed by atoms with E-state index in [9.17, 15) is 14.7 Å². The van der Waals surface area contributed by atoms with E-state index < -0.39 is 11.2 Å². The summed E-state index contributed by atoms with van der Waals surface area (Å²) in [6.45, 7) is 4.74. The number of piperidine rings is 1. The molecule has 4 atom stereocenters. The fourth-order valence-corrected chi connectivity index (χ4v) is 5.70. The monoisotopic (exact) mass is 360 g/mol. The number of ether oxygens (including phenoxy) is 1. The largest absolute Gasteiger partial charge is 0.390 e. The average molecular weight is 360 g/mol. The summed E-state index contributed by atoms with van der Waals surface area (Å²) in [5.74, 6) is -0.266. The van der Waals surface area contributed by atoms with Crippen molar-refractivity contribution in [3.8, 4) is 0 Å². The first-order chi connectivity index (χ1) is 12.5. The average Bonchev–Trinajstić information content (AvgIpc) is 3.03. The topological polar surface area (TPSA) is 70.1 Å². The van der Waals surface area contributed by atoms with Gasteiger partial charge in [0.05, 0.1) is 30.1 Å². The highest BCUT2D eigenvalue weighted by Gasteiger charge is 2.67. The second-order valence-corrected chi connectivity index (χ2v) is 8.86. The van der Waals surface area contributed by atoms with Crippen LogP contribution in [0.4, 0.5) is 0 Å². The second kappa shape index (κ2) is 5.55. The van der Waals surface area contributed by atoms with Gasteiger partial charge in [-0.25, -0.2) is 0 Å². The fraction of sp³-hybridized carbons (Fsp3) is 0.800. The SMILES string of the molecule is CCCN1C[C@]23C=CC(O2)C(C(=O)N2CCC(C4(O)CC4)CC2)C3C1=O. The van der Waals surface area contributed by atoms with Crippen molar-refractivity contribution in [2.45, 2.75) is 56.3 Å². The van der Waals surface area contributed by atoms with Gasteiger partial charge in [0.2, 0.25) is 11.8 Å². The van der Waals surface area contributed by atoms with Crippen molar-refractivity contribution < 1.29 is 19.4 Å². The third kappa shape index (κ3) is 2.24. The van der Waals surface area contributed by atoms with Crippen LogP contribution < -0.4 is 0 Å². The Labute approximate surface area is 154 Å². The molecule has 5 rings (SSSR count). The maximum Gasteiger partial charge on any atom is 0.230 e. The molecule has 6 nitrogen and oxygen atoms in total. The minimum absolute atomic E-state index is 0.0687. The Balaban J connectivity index is 1.32. The van der Waals surface area contributed by atoms with Gasteiger partial charge in [-0.1, -0.05) is 19.1 Å². The molecule has 6 heteroatoms. The standard InChI is InChI=1S/C20H28N2O4/c1-2-9-22-12-20-6-3-14(26-20)15(16(20)18(22)24)17(23)21-10-4-13(5-11-21)19(25)7-8-19/h3,6,13-16,25H,2,4-5,7-12H2,1H3/t14?,15?,16?,20-/m0/s1. The predicted molar refractivity (Wildman–Crippen MR) is 94.1 cm³/mol. The first kappa shape index (κ1) is 16.8. The lowest BCUT2D eigenvalue weighted by molar-refractivity contribution is -0.144. The molecule has 26 heavy (non-hydrogen) atoms. The van der Waals surface area contributed by atoms with Gasteiger partial charge in [0, 0.05) is 19.6 Å². The fourth-order valence-electron chi connectivity index (χ4n) is 5.70. The lowest BCUT2D eigenvalue weighted by Crippen LogP contribution is -2.49. The molecule has 4 heterocycles. The molecule has 1 aliphatic carbocycles. The highest BCUT2D eigenvalue weighted by molar-refractivity contribution is 5.93. The molecule has 4 fully saturated rings. The maximum absolute atomic E-state index is 13.3. The Morgan fingerprint density at radius 3 is 2.73 bits per heavy atom. The number of hydrogen-bond acceptors (Lipinski definition) is 4. The minimum atomic E-state index is -0.585. The van der Waals surface area contributed by atoms with Crippen LogP contribution in [0.15, 0.2) is 12.2 Å². The molecular formula is C20H28N2O4. The van der Waals surface area contributed by atoms with E-state index in [1.54, 1.807) is 0 Å². The van der Waals surface area contributed by atoms with E-state index in [2.05, 4.69) is 6.92 Å². The van der Waals surface area contributed by atoms with Crippen molar-refractivity contribution in [1.82, 2.24) is 9.80 Å². The number of carbonyl (C=O) groups excluding carboxylic acids is 2. The summed E-state index contributed by atoms with van der Waals surface area (Å²) < 4.78 is 6.18. The van der Waals surface area contributed by atoms with Crippen LogP contribution in [0.25, 0.3) is 0 Å². The van der Waals surface area contributed by atoms with Crippen LogP contribution in [0.5, 0.6) is 0 Å². The number of carbonyl (C=O) groups is 2. The highest BCUT2D eigenvalue weighted by Crippen LogP contribution is 2.53. The van der Waals surface area contributed by atoms with Crippen LogP contribution in [0.3, 0.4) is 0 Å². The Bertz CT molecular complexity index is 665. The summed E-state index contributed by atoms with van der Waals surface area (Å²) >= 11 is 0. The van der Waals surface area contributed by atoms with Crippen LogP contribution >= 0.6 is 0 Å². The molecule has 1 saturated carbocycles. The van der Waals surface area contributed by atoms with Crippen molar-refractivity contribution in [2.75, 3.05) is 26.2 Å². The number of hydrogen-bond donors (Lipinski definition) is 1. The van der Waals surface area contributed by atoms with Gasteiger partial charge < -0.3 is 19.6 Å². The first-order valence-corrected chi connectivity index (χ1v) is 10.1. The molecule has 1 spiro atoms. The molecule has 1 N–H and O–H groups in total. The van der Waals surface area contributed by atoms with Crippen LogP contribution in [0.2, 0.25) is 0 Å². The molecule has 0 aromatic heterocycles. The zero-order valence-corrected chi connectivity index (χ0v) is 15.4. The Morgan fingerprint density at radius 2 is 2.08 bits per heavy atom. The number of rotatable bonds is 4. The third-order valence-electron chi connectivity index (χ3n) is 7.29. The molecule has 5 aliphatic rings. The maximum atomic E-state index is 13.3. The zero-order valence-electron chi connectivity index (χ0n) is 15.4. The van der Waals surface area contributed by atoms with Gasteiger partial charge in [0.1, 0.15) is 5.60 Å². The van der Waals surface area contributed by atoms with Crippen LogP contribution in [-0.4, -0.2) is 70.2 Å². The molecule has 0 aromatic carbocycles. The van der Waals surface area contributed by atoms with Crippen molar-refractivity contribution in [1.29, 1.82) is 0 Å². The minimum Gasteiger partial charge on any atom is -0.390 e. The summed E-state index contributed by atoms with van der Waals surface area (Å²) in [5, 5.41) is 10.3. The van der Waals surface area contributed by atoms with Gasteiger partial charge in [0.25, 0.3) is 0 Å². The highest BCUT2D eigenvalue weighted by atomic mass is 16.5. The first-order valence-electron chi connectivity index (χ1n) is 10.1. The van der Waals surface area contributed by atoms with Crippen molar-refractivity contribution in [3.63, 3.8) is 0 Å². The van der Waals surface area contributed by atoms with Crippen molar-refractivity contribution >= 4 is 11.8 Å². The second-order valence-electron chi connectivity index (χ2n) is 8.86. The predicted octanol–water partition coefficient (Wildman–Crippen LogP) is 0.942. The smallest absolute Gasteiger partial charge is 0.230 e. The number of aliphatic hydroxyl groups is 1. The van der Waals surface area contributed by atoms with E-state index in [1.807, 2.05) is 22.0 Å². The number of fused-ring (bicyclic) bond motifs is 1. The molecule has 0 aromatic rings. The lowest BCUT2D eigenvalue weighted by Gasteiger charge is -2.37. The molecule has 4 aliphatic heterocycles. The summed E-state index contributed by atoms with van der Waals surface area (Å²) in [4.78, 5) is 30.0. The Hall–Kier alpha value is -1.40. The van der Waals surface area contributed by atoms with Crippen molar-refractivity contribution in [3.05, 3.63) is 12.2 Å². The van der Waals surface area contributed by atoms with E-state index in [0.29, 0.717) is 25.6 Å². The molecule has 3 saturated heterocycles. The Morgan fingerprint density at radius 1 is 1.35 bits per heavy atom. The molecule has 2 amide bonds. The summed E-state index contributed by atoms with van der Waals surface area (Å²) in [5.41, 5.74) is -1.04. The van der Waals surface area contributed by atoms with Gasteiger partial charge in [0.15, 0.2) is 0 Å². The number of amides is 2. The molecule has 2 bridgehead atoms. The van der Waals surface area contributed by atoms with Crippen LogP contribution in [0.1, 0.15) is 39.0 Å².